The molecule has 0 bridgehead atoms. The SMILES string of the molecule is NCc1nnc(C2CC2)s1. The molecule has 1 aliphatic carbocycles. The van der Waals surface area contributed by atoms with Crippen LogP contribution in [0.5, 0.6) is 0 Å². The van der Waals surface area contributed by atoms with Gasteiger partial charge in [0.2, 0.25) is 0 Å². The normalized spacial score (nSPS) is 17.7. The third-order valence-electron chi connectivity index (χ3n) is 1.58. The molecule has 0 saturated heterocycles. The Morgan fingerprint density at radius 1 is 1.50 bits per heavy atom. The average Bonchev–Trinajstić information content (AvgIpc) is 2.70. The van der Waals surface area contributed by atoms with E-state index in [2.05, 4.69) is 10.2 Å². The van der Waals surface area contributed by atoms with E-state index >= 15 is 0 Å². The lowest BCUT2D eigenvalue weighted by Gasteiger charge is -1.81. The zero-order chi connectivity index (χ0) is 6.97. The van der Waals surface area contributed by atoms with Crippen LogP contribution in [0.25, 0.3) is 0 Å². The van der Waals surface area contributed by atoms with Crippen LogP contribution in [-0.4, -0.2) is 10.2 Å². The van der Waals surface area contributed by atoms with Crippen molar-refractivity contribution in [2.24, 2.45) is 5.73 Å². The summed E-state index contributed by atoms with van der Waals surface area (Å²) >= 11 is 1.66. The van der Waals surface area contributed by atoms with Gasteiger partial charge in [-0.2, -0.15) is 0 Å². The van der Waals surface area contributed by atoms with Crippen molar-refractivity contribution in [3.8, 4) is 0 Å². The first-order valence-corrected chi connectivity index (χ1v) is 4.24. The van der Waals surface area contributed by atoms with Crippen molar-refractivity contribution in [3.05, 3.63) is 10.0 Å². The van der Waals surface area contributed by atoms with Gasteiger partial charge in [0.25, 0.3) is 0 Å². The van der Waals surface area contributed by atoms with E-state index in [4.69, 9.17) is 5.73 Å². The fourth-order valence-corrected chi connectivity index (χ4v) is 1.73. The zero-order valence-electron chi connectivity index (χ0n) is 5.58. The van der Waals surface area contributed by atoms with Gasteiger partial charge in [0.1, 0.15) is 10.0 Å². The van der Waals surface area contributed by atoms with Crippen molar-refractivity contribution < 1.29 is 0 Å². The molecular weight excluding hydrogens is 146 g/mol. The lowest BCUT2D eigenvalue weighted by atomic mass is 10.5. The number of aromatic nitrogens is 2. The monoisotopic (exact) mass is 155 g/mol. The van der Waals surface area contributed by atoms with Crippen LogP contribution < -0.4 is 5.73 Å². The van der Waals surface area contributed by atoms with Gasteiger partial charge in [0.15, 0.2) is 0 Å². The van der Waals surface area contributed by atoms with Gasteiger partial charge in [-0.1, -0.05) is 11.3 Å². The van der Waals surface area contributed by atoms with E-state index in [0.717, 1.165) is 10.9 Å². The molecule has 54 valence electrons. The molecule has 0 unspecified atom stereocenters. The standard InChI is InChI=1S/C6H9N3S/c7-3-5-8-9-6(10-5)4-1-2-4/h4H,1-3,7H2. The minimum Gasteiger partial charge on any atom is -0.324 e. The fraction of sp³-hybridized carbons (Fsp3) is 0.667. The summed E-state index contributed by atoms with van der Waals surface area (Å²) in [6, 6.07) is 0. The van der Waals surface area contributed by atoms with Crippen LogP contribution in [0.3, 0.4) is 0 Å². The molecule has 1 aliphatic rings. The lowest BCUT2D eigenvalue weighted by molar-refractivity contribution is 0.918. The summed E-state index contributed by atoms with van der Waals surface area (Å²) in [5.74, 6) is 0.720. The molecule has 1 aromatic heterocycles. The second kappa shape index (κ2) is 2.29. The summed E-state index contributed by atoms with van der Waals surface area (Å²) in [7, 11) is 0. The number of nitrogens with zero attached hydrogens (tertiary/aromatic N) is 2. The Bertz CT molecular complexity index is 229. The van der Waals surface area contributed by atoms with Crippen LogP contribution in [0, 0.1) is 0 Å². The van der Waals surface area contributed by atoms with Crippen molar-refractivity contribution in [1.82, 2.24) is 10.2 Å². The second-order valence-corrected chi connectivity index (χ2v) is 3.61. The molecule has 3 nitrogen and oxygen atoms in total. The molecular formula is C6H9N3S. The van der Waals surface area contributed by atoms with Crippen molar-refractivity contribution in [2.45, 2.75) is 25.3 Å². The summed E-state index contributed by atoms with van der Waals surface area (Å²) in [6.45, 7) is 0.532. The Balaban J connectivity index is 2.19. The summed E-state index contributed by atoms with van der Waals surface area (Å²) in [4.78, 5) is 0. The zero-order valence-corrected chi connectivity index (χ0v) is 6.40. The first-order valence-electron chi connectivity index (χ1n) is 3.42. The summed E-state index contributed by atoms with van der Waals surface area (Å²) < 4.78 is 0. The molecule has 0 aliphatic heterocycles. The van der Waals surface area contributed by atoms with Gasteiger partial charge in [0, 0.05) is 12.5 Å². The predicted octanol–water partition coefficient (Wildman–Crippen LogP) is 0.874. The van der Waals surface area contributed by atoms with Gasteiger partial charge >= 0.3 is 0 Å². The molecule has 1 saturated carbocycles. The highest BCUT2D eigenvalue weighted by Crippen LogP contribution is 2.41. The van der Waals surface area contributed by atoms with E-state index in [1.54, 1.807) is 11.3 Å². The third kappa shape index (κ3) is 1.04. The lowest BCUT2D eigenvalue weighted by Crippen LogP contribution is -1.94. The summed E-state index contributed by atoms with van der Waals surface area (Å²) in [6.07, 6.45) is 2.58. The minimum atomic E-state index is 0.532. The Hall–Kier alpha value is -0.480. The first-order chi connectivity index (χ1) is 4.90. The number of hydrogen-bond donors (Lipinski definition) is 1. The van der Waals surface area contributed by atoms with Gasteiger partial charge in [-0.3, -0.25) is 0 Å². The topological polar surface area (TPSA) is 51.8 Å². The fourth-order valence-electron chi connectivity index (χ4n) is 0.844. The molecule has 1 fully saturated rings. The summed E-state index contributed by atoms with van der Waals surface area (Å²) in [5.41, 5.74) is 5.39. The van der Waals surface area contributed by atoms with Crippen LogP contribution in [0.15, 0.2) is 0 Å². The van der Waals surface area contributed by atoms with Gasteiger partial charge in [-0.05, 0) is 12.8 Å². The van der Waals surface area contributed by atoms with Crippen LogP contribution in [0.1, 0.15) is 28.8 Å². The minimum absolute atomic E-state index is 0.532. The van der Waals surface area contributed by atoms with Crippen LogP contribution in [0.4, 0.5) is 0 Å². The molecule has 0 aromatic carbocycles. The molecule has 0 spiro atoms. The Morgan fingerprint density at radius 2 is 2.30 bits per heavy atom. The van der Waals surface area contributed by atoms with E-state index in [1.807, 2.05) is 0 Å². The van der Waals surface area contributed by atoms with Crippen molar-refractivity contribution >= 4 is 11.3 Å². The predicted molar refractivity (Wildman–Crippen MR) is 39.8 cm³/mol. The van der Waals surface area contributed by atoms with Crippen LogP contribution >= 0.6 is 11.3 Å². The smallest absolute Gasteiger partial charge is 0.131 e. The summed E-state index contributed by atoms with van der Waals surface area (Å²) in [5, 5.41) is 10.1. The van der Waals surface area contributed by atoms with E-state index in [1.165, 1.54) is 17.8 Å². The largest absolute Gasteiger partial charge is 0.324 e. The molecule has 2 N–H and O–H groups in total. The first kappa shape index (κ1) is 6.24. The molecule has 1 aromatic rings. The van der Waals surface area contributed by atoms with E-state index in [-0.39, 0.29) is 0 Å². The maximum atomic E-state index is 5.39. The molecule has 1 heterocycles. The van der Waals surface area contributed by atoms with Gasteiger partial charge in [-0.15, -0.1) is 10.2 Å². The van der Waals surface area contributed by atoms with Gasteiger partial charge in [0.05, 0.1) is 0 Å². The average molecular weight is 155 g/mol. The molecule has 4 heteroatoms. The Morgan fingerprint density at radius 3 is 2.80 bits per heavy atom. The van der Waals surface area contributed by atoms with Crippen molar-refractivity contribution in [2.75, 3.05) is 0 Å². The highest BCUT2D eigenvalue weighted by atomic mass is 32.1. The van der Waals surface area contributed by atoms with Gasteiger partial charge in [-0.25, -0.2) is 0 Å². The maximum Gasteiger partial charge on any atom is 0.131 e. The highest BCUT2D eigenvalue weighted by Gasteiger charge is 2.27. The van der Waals surface area contributed by atoms with Crippen molar-refractivity contribution in [3.63, 3.8) is 0 Å². The quantitative estimate of drug-likeness (QED) is 0.689. The number of hydrogen-bond acceptors (Lipinski definition) is 4. The number of nitrogens with two attached hydrogens (primary N) is 1. The van der Waals surface area contributed by atoms with E-state index in [9.17, 15) is 0 Å². The van der Waals surface area contributed by atoms with E-state index < -0.39 is 0 Å². The Kier molecular flexibility index (Phi) is 1.43. The Labute approximate surface area is 63.3 Å². The molecule has 2 rings (SSSR count). The molecule has 0 atom stereocenters. The second-order valence-electron chi connectivity index (χ2n) is 2.51. The van der Waals surface area contributed by atoms with Gasteiger partial charge < -0.3 is 5.73 Å². The number of rotatable bonds is 2. The molecule has 0 amide bonds. The highest BCUT2D eigenvalue weighted by molar-refractivity contribution is 7.11. The molecule has 0 radical (unpaired) electrons. The molecule has 10 heavy (non-hydrogen) atoms. The maximum absolute atomic E-state index is 5.39. The van der Waals surface area contributed by atoms with E-state index in [0.29, 0.717) is 6.54 Å². The van der Waals surface area contributed by atoms with Crippen molar-refractivity contribution in [1.29, 1.82) is 0 Å². The third-order valence-corrected chi connectivity index (χ3v) is 2.69. The van der Waals surface area contributed by atoms with Crippen LogP contribution in [-0.2, 0) is 6.54 Å². The van der Waals surface area contributed by atoms with Crippen LogP contribution in [0.2, 0.25) is 0 Å².